The molecule has 0 N–H and O–H groups in total. The van der Waals surface area contributed by atoms with E-state index in [1.807, 2.05) is 0 Å². The second-order valence-corrected chi connectivity index (χ2v) is 4.34. The molecule has 0 aliphatic carbocycles. The predicted molar refractivity (Wildman–Crippen MR) is 58.8 cm³/mol. The van der Waals surface area contributed by atoms with Crippen molar-refractivity contribution in [2.45, 2.75) is 5.51 Å². The van der Waals surface area contributed by atoms with Crippen LogP contribution in [0.3, 0.4) is 0 Å². The van der Waals surface area contributed by atoms with E-state index in [0.29, 0.717) is 5.39 Å². The van der Waals surface area contributed by atoms with Gasteiger partial charge in [0.05, 0.1) is 0 Å². The van der Waals surface area contributed by atoms with Gasteiger partial charge in [0, 0.05) is 5.39 Å². The van der Waals surface area contributed by atoms with Crippen LogP contribution in [0.4, 0.5) is 13.2 Å². The van der Waals surface area contributed by atoms with Crippen LogP contribution in [0.5, 0.6) is 5.75 Å². The fraction of sp³-hybridized carbons (Fsp3) is 0.0909. The van der Waals surface area contributed by atoms with Gasteiger partial charge in [-0.2, -0.15) is 13.2 Å². The standard InChI is InChI=1S/C11H7F3O2S/c12-11(13,14)17(15)16-10-7-3-5-8-4-1-2-6-9(8)10/h1-7H. The summed E-state index contributed by atoms with van der Waals surface area (Å²) in [5.74, 6) is -0.0428. The van der Waals surface area contributed by atoms with Gasteiger partial charge in [0.25, 0.3) is 0 Å². The molecule has 0 heterocycles. The van der Waals surface area contributed by atoms with E-state index >= 15 is 0 Å². The summed E-state index contributed by atoms with van der Waals surface area (Å²) in [4.78, 5) is 0. The van der Waals surface area contributed by atoms with Gasteiger partial charge >= 0.3 is 16.6 Å². The molecule has 2 aromatic carbocycles. The van der Waals surface area contributed by atoms with Crippen molar-refractivity contribution in [2.75, 3.05) is 0 Å². The lowest BCUT2D eigenvalue weighted by molar-refractivity contribution is -0.0437. The van der Waals surface area contributed by atoms with E-state index in [0.717, 1.165) is 5.39 Å². The first-order valence-corrected chi connectivity index (χ1v) is 5.70. The minimum Gasteiger partial charge on any atom is -0.394 e. The highest BCUT2D eigenvalue weighted by atomic mass is 32.2. The minimum atomic E-state index is -4.88. The average molecular weight is 260 g/mol. The molecule has 1 atom stereocenters. The molecule has 17 heavy (non-hydrogen) atoms. The monoisotopic (exact) mass is 260 g/mol. The highest BCUT2D eigenvalue weighted by Crippen LogP contribution is 2.29. The van der Waals surface area contributed by atoms with E-state index in [2.05, 4.69) is 4.18 Å². The number of hydrogen-bond donors (Lipinski definition) is 0. The quantitative estimate of drug-likeness (QED) is 0.827. The van der Waals surface area contributed by atoms with Crippen LogP contribution in [0.1, 0.15) is 0 Å². The van der Waals surface area contributed by atoms with Crippen LogP contribution in [0.25, 0.3) is 10.8 Å². The number of rotatable bonds is 2. The van der Waals surface area contributed by atoms with Gasteiger partial charge in [-0.1, -0.05) is 36.4 Å². The molecular weight excluding hydrogens is 253 g/mol. The maximum Gasteiger partial charge on any atom is 0.508 e. The fourth-order valence-corrected chi connectivity index (χ4v) is 1.80. The molecule has 2 aromatic rings. The first-order chi connectivity index (χ1) is 7.98. The molecule has 0 radical (unpaired) electrons. The summed E-state index contributed by atoms with van der Waals surface area (Å²) in [6.07, 6.45) is 0. The van der Waals surface area contributed by atoms with E-state index in [4.69, 9.17) is 0 Å². The van der Waals surface area contributed by atoms with E-state index in [-0.39, 0.29) is 5.75 Å². The molecule has 0 aliphatic heterocycles. The van der Waals surface area contributed by atoms with E-state index in [1.54, 1.807) is 36.4 Å². The maximum atomic E-state index is 12.1. The van der Waals surface area contributed by atoms with Crippen molar-refractivity contribution >= 4 is 21.9 Å². The Morgan fingerprint density at radius 3 is 2.35 bits per heavy atom. The number of hydrogen-bond acceptors (Lipinski definition) is 2. The molecule has 6 heteroatoms. The Labute approximate surface area is 97.7 Å². The Bertz CT molecular complexity index is 561. The Kier molecular flexibility index (Phi) is 3.06. The summed E-state index contributed by atoms with van der Waals surface area (Å²) >= 11 is -3.34. The van der Waals surface area contributed by atoms with Crippen LogP contribution >= 0.6 is 0 Å². The van der Waals surface area contributed by atoms with Gasteiger partial charge in [-0.05, 0) is 11.5 Å². The average Bonchev–Trinajstić information content (AvgIpc) is 2.28. The van der Waals surface area contributed by atoms with E-state index < -0.39 is 16.6 Å². The third-order valence-corrected chi connectivity index (χ3v) is 2.81. The van der Waals surface area contributed by atoms with Crippen molar-refractivity contribution in [1.29, 1.82) is 0 Å². The molecule has 0 saturated heterocycles. The highest BCUT2D eigenvalue weighted by Gasteiger charge is 2.40. The van der Waals surface area contributed by atoms with Gasteiger partial charge in [-0.25, -0.2) is 4.21 Å². The Hall–Kier alpha value is -1.56. The molecule has 0 amide bonds. The second kappa shape index (κ2) is 4.37. The van der Waals surface area contributed by atoms with Crippen LogP contribution < -0.4 is 4.18 Å². The Morgan fingerprint density at radius 2 is 1.65 bits per heavy atom. The van der Waals surface area contributed by atoms with Crippen LogP contribution in [-0.4, -0.2) is 9.72 Å². The zero-order chi connectivity index (χ0) is 12.5. The summed E-state index contributed by atoms with van der Waals surface area (Å²) in [6, 6.07) is 11.4. The van der Waals surface area contributed by atoms with Gasteiger partial charge < -0.3 is 4.18 Å². The molecular formula is C11H7F3O2S. The lowest BCUT2D eigenvalue weighted by atomic mass is 10.1. The van der Waals surface area contributed by atoms with Crippen molar-refractivity contribution in [3.8, 4) is 5.75 Å². The summed E-state index contributed by atoms with van der Waals surface area (Å²) in [5, 5.41) is 1.22. The molecule has 0 spiro atoms. The Balaban J connectivity index is 2.40. The van der Waals surface area contributed by atoms with Crippen LogP contribution in [-0.2, 0) is 11.1 Å². The van der Waals surface area contributed by atoms with Crippen molar-refractivity contribution in [3.05, 3.63) is 42.5 Å². The van der Waals surface area contributed by atoms with Gasteiger partial charge in [0.15, 0.2) is 0 Å². The number of fused-ring (bicyclic) bond motifs is 1. The Morgan fingerprint density at radius 1 is 1.00 bits per heavy atom. The first kappa shape index (κ1) is 11.9. The van der Waals surface area contributed by atoms with Crippen molar-refractivity contribution in [1.82, 2.24) is 0 Å². The smallest absolute Gasteiger partial charge is 0.394 e. The van der Waals surface area contributed by atoms with Gasteiger partial charge in [0.2, 0.25) is 0 Å². The summed E-state index contributed by atoms with van der Waals surface area (Å²) in [5.41, 5.74) is -4.88. The highest BCUT2D eigenvalue weighted by molar-refractivity contribution is 7.81. The van der Waals surface area contributed by atoms with Gasteiger partial charge in [-0.3, -0.25) is 0 Å². The van der Waals surface area contributed by atoms with Crippen LogP contribution in [0.15, 0.2) is 42.5 Å². The number of benzene rings is 2. The summed E-state index contributed by atoms with van der Waals surface area (Å²) < 4.78 is 51.6. The third-order valence-electron chi connectivity index (χ3n) is 2.10. The van der Waals surface area contributed by atoms with E-state index in [1.165, 1.54) is 6.07 Å². The maximum absolute atomic E-state index is 12.1. The first-order valence-electron chi connectivity index (χ1n) is 4.63. The predicted octanol–water partition coefficient (Wildman–Crippen LogP) is 3.40. The van der Waals surface area contributed by atoms with Crippen molar-refractivity contribution < 1.29 is 21.6 Å². The molecule has 0 fully saturated rings. The number of halogens is 3. The van der Waals surface area contributed by atoms with Crippen molar-refractivity contribution in [2.24, 2.45) is 0 Å². The fourth-order valence-electron chi connectivity index (χ4n) is 1.40. The lowest BCUT2D eigenvalue weighted by Gasteiger charge is -2.09. The van der Waals surface area contributed by atoms with Crippen LogP contribution in [0, 0.1) is 0 Å². The molecule has 1 unspecified atom stereocenters. The lowest BCUT2D eigenvalue weighted by Crippen LogP contribution is -2.20. The zero-order valence-corrected chi connectivity index (χ0v) is 9.22. The van der Waals surface area contributed by atoms with Gasteiger partial charge in [-0.15, -0.1) is 0 Å². The van der Waals surface area contributed by atoms with Crippen molar-refractivity contribution in [3.63, 3.8) is 0 Å². The molecule has 0 bridgehead atoms. The molecule has 0 aliphatic rings. The molecule has 90 valence electrons. The molecule has 0 saturated carbocycles. The zero-order valence-electron chi connectivity index (χ0n) is 8.40. The minimum absolute atomic E-state index is 0.0428. The summed E-state index contributed by atoms with van der Waals surface area (Å²) in [6.45, 7) is 0. The topological polar surface area (TPSA) is 26.3 Å². The van der Waals surface area contributed by atoms with E-state index in [9.17, 15) is 17.4 Å². The third kappa shape index (κ3) is 2.58. The normalized spacial score (nSPS) is 13.6. The van der Waals surface area contributed by atoms with Gasteiger partial charge in [0.1, 0.15) is 5.75 Å². The number of alkyl halides is 3. The molecule has 2 nitrogen and oxygen atoms in total. The SMILES string of the molecule is O=S(Oc1cccc2ccccc12)C(F)(F)F. The molecule has 0 aromatic heterocycles. The second-order valence-electron chi connectivity index (χ2n) is 3.24. The molecule has 2 rings (SSSR count). The summed E-state index contributed by atoms with van der Waals surface area (Å²) in [7, 11) is 0. The largest absolute Gasteiger partial charge is 0.508 e. The van der Waals surface area contributed by atoms with Crippen LogP contribution in [0.2, 0.25) is 0 Å².